The zero-order valence-corrected chi connectivity index (χ0v) is 8.54. The summed E-state index contributed by atoms with van der Waals surface area (Å²) in [5.74, 6) is 1.43. The zero-order valence-electron chi connectivity index (χ0n) is 8.54. The van der Waals surface area contributed by atoms with E-state index in [0.29, 0.717) is 12.5 Å². The fourth-order valence-corrected chi connectivity index (χ4v) is 1.35. The zero-order chi connectivity index (χ0) is 9.68. The van der Waals surface area contributed by atoms with Crippen LogP contribution in [0.5, 0.6) is 0 Å². The van der Waals surface area contributed by atoms with Crippen molar-refractivity contribution in [2.24, 2.45) is 0 Å². The Kier molecular flexibility index (Phi) is 3.96. The average molecular weight is 183 g/mol. The summed E-state index contributed by atoms with van der Waals surface area (Å²) in [6.45, 7) is 4.85. The Morgan fingerprint density at radius 2 is 2.38 bits per heavy atom. The number of aromatic nitrogens is 1. The van der Waals surface area contributed by atoms with Gasteiger partial charge in [0.05, 0.1) is 6.61 Å². The minimum atomic E-state index is 0.461. The molecule has 0 aromatic carbocycles. The van der Waals surface area contributed by atoms with Crippen LogP contribution in [0.3, 0.4) is 0 Å². The molecular formula is C10H17NO2. The molecule has 74 valence electrons. The van der Waals surface area contributed by atoms with E-state index in [4.69, 9.17) is 9.26 Å². The summed E-state index contributed by atoms with van der Waals surface area (Å²) >= 11 is 0. The van der Waals surface area contributed by atoms with Crippen LogP contribution in [0.2, 0.25) is 0 Å². The summed E-state index contributed by atoms with van der Waals surface area (Å²) in [5, 5.41) is 3.91. The molecular weight excluding hydrogens is 166 g/mol. The van der Waals surface area contributed by atoms with Crippen LogP contribution in [0, 0.1) is 0 Å². The largest absolute Gasteiger partial charge is 0.378 e. The van der Waals surface area contributed by atoms with Gasteiger partial charge < -0.3 is 9.26 Å². The topological polar surface area (TPSA) is 35.3 Å². The van der Waals surface area contributed by atoms with Crippen molar-refractivity contribution in [3.8, 4) is 0 Å². The molecule has 1 unspecified atom stereocenters. The Morgan fingerprint density at radius 1 is 1.62 bits per heavy atom. The molecule has 1 aromatic heterocycles. The quantitative estimate of drug-likeness (QED) is 0.704. The molecule has 3 nitrogen and oxygen atoms in total. The van der Waals surface area contributed by atoms with Gasteiger partial charge in [-0.1, -0.05) is 25.4 Å². The van der Waals surface area contributed by atoms with E-state index in [9.17, 15) is 0 Å². The predicted molar refractivity (Wildman–Crippen MR) is 50.5 cm³/mol. The Balaban J connectivity index is 2.56. The number of rotatable bonds is 5. The predicted octanol–water partition coefficient (Wildman–Crippen LogP) is 2.72. The van der Waals surface area contributed by atoms with E-state index in [-0.39, 0.29) is 0 Å². The van der Waals surface area contributed by atoms with Gasteiger partial charge in [-0.15, -0.1) is 0 Å². The lowest BCUT2D eigenvalue weighted by Crippen LogP contribution is -1.89. The fraction of sp³-hybridized carbons (Fsp3) is 0.700. The van der Waals surface area contributed by atoms with Gasteiger partial charge >= 0.3 is 0 Å². The van der Waals surface area contributed by atoms with Gasteiger partial charge in [0, 0.05) is 19.1 Å². The van der Waals surface area contributed by atoms with Crippen molar-refractivity contribution in [2.45, 2.75) is 39.2 Å². The van der Waals surface area contributed by atoms with Crippen LogP contribution in [0.1, 0.15) is 44.1 Å². The second-order valence-electron chi connectivity index (χ2n) is 3.34. The van der Waals surface area contributed by atoms with Crippen LogP contribution in [-0.4, -0.2) is 12.3 Å². The minimum absolute atomic E-state index is 0.461. The molecule has 0 fully saturated rings. The van der Waals surface area contributed by atoms with Gasteiger partial charge in [0.25, 0.3) is 0 Å². The first-order valence-electron chi connectivity index (χ1n) is 4.72. The van der Waals surface area contributed by atoms with E-state index < -0.39 is 0 Å². The molecule has 3 heteroatoms. The van der Waals surface area contributed by atoms with Crippen LogP contribution in [0.15, 0.2) is 10.6 Å². The Labute approximate surface area is 79.1 Å². The summed E-state index contributed by atoms with van der Waals surface area (Å²) in [7, 11) is 1.66. The van der Waals surface area contributed by atoms with Gasteiger partial charge in [-0.25, -0.2) is 0 Å². The highest BCUT2D eigenvalue weighted by atomic mass is 16.5. The number of hydrogen-bond donors (Lipinski definition) is 0. The number of ether oxygens (including phenoxy) is 1. The lowest BCUT2D eigenvalue weighted by atomic mass is 10.0. The smallest absolute Gasteiger partial charge is 0.139 e. The normalized spacial score (nSPS) is 13.2. The van der Waals surface area contributed by atoms with E-state index in [0.717, 1.165) is 17.9 Å². The Bertz CT molecular complexity index is 245. The highest BCUT2D eigenvalue weighted by Crippen LogP contribution is 2.21. The van der Waals surface area contributed by atoms with Crippen LogP contribution < -0.4 is 0 Å². The molecule has 0 saturated carbocycles. The van der Waals surface area contributed by atoms with E-state index in [1.165, 1.54) is 6.42 Å². The van der Waals surface area contributed by atoms with Crippen molar-refractivity contribution in [3.63, 3.8) is 0 Å². The van der Waals surface area contributed by atoms with E-state index in [2.05, 4.69) is 19.0 Å². The molecule has 0 radical (unpaired) electrons. The molecule has 0 saturated heterocycles. The maximum Gasteiger partial charge on any atom is 0.139 e. The van der Waals surface area contributed by atoms with Crippen molar-refractivity contribution in [2.75, 3.05) is 7.11 Å². The molecule has 0 aliphatic carbocycles. The summed E-state index contributed by atoms with van der Waals surface area (Å²) < 4.78 is 10.2. The van der Waals surface area contributed by atoms with Gasteiger partial charge in [-0.2, -0.15) is 0 Å². The van der Waals surface area contributed by atoms with Crippen molar-refractivity contribution in [1.82, 2.24) is 5.16 Å². The summed E-state index contributed by atoms with van der Waals surface area (Å²) in [6, 6.07) is 1.98. The van der Waals surface area contributed by atoms with Gasteiger partial charge in [0.1, 0.15) is 11.5 Å². The van der Waals surface area contributed by atoms with Crippen LogP contribution >= 0.6 is 0 Å². The lowest BCUT2D eigenvalue weighted by molar-refractivity contribution is 0.177. The standard InChI is InChI=1S/C10H17NO2/c1-4-5-8(2)10-6-9(7-12-3)11-13-10/h6,8H,4-5,7H2,1-3H3. The molecule has 0 aliphatic heterocycles. The number of nitrogens with zero attached hydrogens (tertiary/aromatic N) is 1. The maximum atomic E-state index is 5.20. The highest BCUT2D eigenvalue weighted by molar-refractivity contribution is 5.08. The average Bonchev–Trinajstić information content (AvgIpc) is 2.54. The van der Waals surface area contributed by atoms with Gasteiger partial charge in [0.15, 0.2) is 0 Å². The summed E-state index contributed by atoms with van der Waals surface area (Å²) in [6.07, 6.45) is 2.31. The highest BCUT2D eigenvalue weighted by Gasteiger charge is 2.10. The lowest BCUT2D eigenvalue weighted by Gasteiger charge is -2.02. The maximum absolute atomic E-state index is 5.20. The van der Waals surface area contributed by atoms with Crippen LogP contribution in [-0.2, 0) is 11.3 Å². The minimum Gasteiger partial charge on any atom is -0.378 e. The molecule has 13 heavy (non-hydrogen) atoms. The fourth-order valence-electron chi connectivity index (χ4n) is 1.35. The summed E-state index contributed by atoms with van der Waals surface area (Å²) in [4.78, 5) is 0. The first-order valence-corrected chi connectivity index (χ1v) is 4.72. The van der Waals surface area contributed by atoms with Gasteiger partial charge in [-0.3, -0.25) is 0 Å². The molecule has 0 bridgehead atoms. The summed E-state index contributed by atoms with van der Waals surface area (Å²) in [5.41, 5.74) is 0.875. The van der Waals surface area contributed by atoms with Gasteiger partial charge in [-0.05, 0) is 6.42 Å². The van der Waals surface area contributed by atoms with E-state index in [1.54, 1.807) is 7.11 Å². The van der Waals surface area contributed by atoms with Crippen molar-refractivity contribution in [1.29, 1.82) is 0 Å². The molecule has 0 amide bonds. The molecule has 0 aliphatic rings. The molecule has 1 heterocycles. The molecule has 1 aromatic rings. The first-order chi connectivity index (χ1) is 6.27. The van der Waals surface area contributed by atoms with Crippen molar-refractivity contribution < 1.29 is 9.26 Å². The molecule has 0 spiro atoms. The monoisotopic (exact) mass is 183 g/mol. The molecule has 0 N–H and O–H groups in total. The number of methoxy groups -OCH3 is 1. The SMILES string of the molecule is CCCC(C)c1cc(COC)no1. The first kappa shape index (κ1) is 10.3. The second-order valence-corrected chi connectivity index (χ2v) is 3.34. The van der Waals surface area contributed by atoms with Gasteiger partial charge in [0.2, 0.25) is 0 Å². The third kappa shape index (κ3) is 2.84. The van der Waals surface area contributed by atoms with Crippen molar-refractivity contribution >= 4 is 0 Å². The van der Waals surface area contributed by atoms with Crippen LogP contribution in [0.4, 0.5) is 0 Å². The second kappa shape index (κ2) is 5.02. The van der Waals surface area contributed by atoms with E-state index >= 15 is 0 Å². The Hall–Kier alpha value is -0.830. The van der Waals surface area contributed by atoms with Crippen molar-refractivity contribution in [3.05, 3.63) is 17.5 Å². The molecule has 1 rings (SSSR count). The van der Waals surface area contributed by atoms with Crippen LogP contribution in [0.25, 0.3) is 0 Å². The number of hydrogen-bond acceptors (Lipinski definition) is 3. The van der Waals surface area contributed by atoms with E-state index in [1.807, 2.05) is 6.07 Å². The third-order valence-electron chi connectivity index (χ3n) is 2.08. The Morgan fingerprint density at radius 3 is 3.00 bits per heavy atom. The molecule has 1 atom stereocenters. The third-order valence-corrected chi connectivity index (χ3v) is 2.08.